The Bertz CT molecular complexity index is 467. The van der Waals surface area contributed by atoms with Crippen LogP contribution in [0.3, 0.4) is 0 Å². The molecule has 1 heterocycles. The van der Waals surface area contributed by atoms with Crippen LogP contribution in [-0.4, -0.2) is 50.0 Å². The van der Waals surface area contributed by atoms with E-state index in [-0.39, 0.29) is 18.6 Å². The van der Waals surface area contributed by atoms with Gasteiger partial charge in [0.05, 0.1) is 6.10 Å². The number of piperidine rings is 1. The van der Waals surface area contributed by atoms with Crippen LogP contribution in [0.4, 0.5) is 0 Å². The van der Waals surface area contributed by atoms with Crippen LogP contribution in [0.5, 0.6) is 5.75 Å². The second kappa shape index (κ2) is 7.05. The van der Waals surface area contributed by atoms with Gasteiger partial charge in [-0.15, -0.1) is 0 Å². The molecule has 1 saturated heterocycles. The standard InChI is InChI=1S/C15H19NO4/c1-19-13-5-7-16(8-6-13)15(18)11-20-14-4-2-3-12(9-14)10-17/h2-4,9-10,13H,5-8,11H2,1H3. The highest BCUT2D eigenvalue weighted by Gasteiger charge is 2.22. The number of methoxy groups -OCH3 is 1. The van der Waals surface area contributed by atoms with E-state index in [1.165, 1.54) is 0 Å². The molecule has 0 aliphatic carbocycles. The minimum atomic E-state index is -0.0314. The van der Waals surface area contributed by atoms with E-state index in [1.54, 1.807) is 36.3 Å². The summed E-state index contributed by atoms with van der Waals surface area (Å²) in [5.74, 6) is 0.505. The number of nitrogens with zero attached hydrogens (tertiary/aromatic N) is 1. The molecule has 0 saturated carbocycles. The minimum absolute atomic E-state index is 0.0000404. The maximum Gasteiger partial charge on any atom is 0.260 e. The van der Waals surface area contributed by atoms with Crippen molar-refractivity contribution in [2.45, 2.75) is 18.9 Å². The number of amides is 1. The Balaban J connectivity index is 1.81. The van der Waals surface area contributed by atoms with Crippen LogP contribution in [0, 0.1) is 0 Å². The first kappa shape index (κ1) is 14.5. The van der Waals surface area contributed by atoms with E-state index in [4.69, 9.17) is 9.47 Å². The van der Waals surface area contributed by atoms with Gasteiger partial charge in [-0.2, -0.15) is 0 Å². The van der Waals surface area contributed by atoms with Gasteiger partial charge in [0.2, 0.25) is 0 Å². The van der Waals surface area contributed by atoms with Gasteiger partial charge in [0.1, 0.15) is 12.0 Å². The van der Waals surface area contributed by atoms with Crippen molar-refractivity contribution in [3.63, 3.8) is 0 Å². The van der Waals surface area contributed by atoms with Crippen LogP contribution >= 0.6 is 0 Å². The van der Waals surface area contributed by atoms with E-state index in [2.05, 4.69) is 0 Å². The molecule has 1 aliphatic heterocycles. The molecule has 1 aromatic carbocycles. The summed E-state index contributed by atoms with van der Waals surface area (Å²) in [7, 11) is 1.70. The fraction of sp³-hybridized carbons (Fsp3) is 0.467. The Labute approximate surface area is 118 Å². The molecule has 108 valence electrons. The first-order valence-electron chi connectivity index (χ1n) is 6.71. The van der Waals surface area contributed by atoms with E-state index in [0.29, 0.717) is 24.4 Å². The molecular formula is C15H19NO4. The third kappa shape index (κ3) is 3.81. The number of likely N-dealkylation sites (tertiary alicyclic amines) is 1. The second-order valence-electron chi connectivity index (χ2n) is 4.79. The van der Waals surface area contributed by atoms with Crippen molar-refractivity contribution in [1.29, 1.82) is 0 Å². The summed E-state index contributed by atoms with van der Waals surface area (Å²) in [5, 5.41) is 0. The number of ether oxygens (including phenoxy) is 2. The normalized spacial score (nSPS) is 15.9. The average Bonchev–Trinajstić information content (AvgIpc) is 2.53. The largest absolute Gasteiger partial charge is 0.484 e. The molecule has 0 radical (unpaired) electrons. The van der Waals surface area contributed by atoms with Gasteiger partial charge in [0, 0.05) is 25.8 Å². The first-order valence-corrected chi connectivity index (χ1v) is 6.71. The summed E-state index contributed by atoms with van der Waals surface area (Å²) in [6.07, 6.45) is 2.74. The summed E-state index contributed by atoms with van der Waals surface area (Å²) in [4.78, 5) is 24.5. The maximum absolute atomic E-state index is 12.0. The predicted molar refractivity (Wildman–Crippen MR) is 73.9 cm³/mol. The highest BCUT2D eigenvalue weighted by atomic mass is 16.5. The molecule has 1 aliphatic rings. The molecule has 1 aromatic rings. The van der Waals surface area contributed by atoms with E-state index in [1.807, 2.05) is 0 Å². The monoisotopic (exact) mass is 277 g/mol. The Morgan fingerprint density at radius 1 is 1.40 bits per heavy atom. The smallest absolute Gasteiger partial charge is 0.260 e. The number of hydrogen-bond donors (Lipinski definition) is 0. The zero-order valence-corrected chi connectivity index (χ0v) is 11.6. The van der Waals surface area contributed by atoms with Gasteiger partial charge in [-0.1, -0.05) is 12.1 Å². The summed E-state index contributed by atoms with van der Waals surface area (Å²) >= 11 is 0. The quantitative estimate of drug-likeness (QED) is 0.766. The van der Waals surface area contributed by atoms with Gasteiger partial charge in [-0.25, -0.2) is 0 Å². The lowest BCUT2D eigenvalue weighted by molar-refractivity contribution is -0.135. The third-order valence-corrected chi connectivity index (χ3v) is 3.48. The van der Waals surface area contributed by atoms with Crippen molar-refractivity contribution in [1.82, 2.24) is 4.90 Å². The van der Waals surface area contributed by atoms with Crippen LogP contribution < -0.4 is 4.74 Å². The molecule has 20 heavy (non-hydrogen) atoms. The van der Waals surface area contributed by atoms with Crippen LogP contribution in [0.2, 0.25) is 0 Å². The molecule has 0 unspecified atom stereocenters. The summed E-state index contributed by atoms with van der Waals surface area (Å²) in [5.41, 5.74) is 0.538. The molecule has 2 rings (SSSR count). The second-order valence-corrected chi connectivity index (χ2v) is 4.79. The average molecular weight is 277 g/mol. The van der Waals surface area contributed by atoms with E-state index >= 15 is 0 Å². The minimum Gasteiger partial charge on any atom is -0.484 e. The number of hydrogen-bond acceptors (Lipinski definition) is 4. The third-order valence-electron chi connectivity index (χ3n) is 3.48. The molecule has 0 spiro atoms. The Hall–Kier alpha value is -1.88. The molecule has 1 fully saturated rings. The summed E-state index contributed by atoms with van der Waals surface area (Å²) < 4.78 is 10.7. The molecular weight excluding hydrogens is 258 g/mol. The molecule has 5 heteroatoms. The van der Waals surface area contributed by atoms with Crippen molar-refractivity contribution in [3.8, 4) is 5.75 Å². The highest BCUT2D eigenvalue weighted by Crippen LogP contribution is 2.15. The van der Waals surface area contributed by atoms with Crippen LogP contribution in [0.25, 0.3) is 0 Å². The van der Waals surface area contributed by atoms with Gasteiger partial charge < -0.3 is 14.4 Å². The van der Waals surface area contributed by atoms with Crippen molar-refractivity contribution >= 4 is 12.2 Å². The summed E-state index contributed by atoms with van der Waals surface area (Å²) in [6, 6.07) is 6.78. The number of carbonyl (C=O) groups excluding carboxylic acids is 2. The molecule has 5 nitrogen and oxygen atoms in total. The lowest BCUT2D eigenvalue weighted by Gasteiger charge is -2.31. The molecule has 1 amide bonds. The zero-order valence-electron chi connectivity index (χ0n) is 11.6. The fourth-order valence-corrected chi connectivity index (χ4v) is 2.25. The number of aldehydes is 1. The van der Waals surface area contributed by atoms with Gasteiger partial charge >= 0.3 is 0 Å². The zero-order chi connectivity index (χ0) is 14.4. The van der Waals surface area contributed by atoms with Gasteiger partial charge in [-0.05, 0) is 25.0 Å². The van der Waals surface area contributed by atoms with E-state index < -0.39 is 0 Å². The topological polar surface area (TPSA) is 55.8 Å². The van der Waals surface area contributed by atoms with Gasteiger partial charge in [-0.3, -0.25) is 9.59 Å². The number of benzene rings is 1. The van der Waals surface area contributed by atoms with Crippen molar-refractivity contribution in [2.75, 3.05) is 26.8 Å². The predicted octanol–water partition coefficient (Wildman–Crippen LogP) is 1.52. The summed E-state index contributed by atoms with van der Waals surface area (Å²) in [6.45, 7) is 1.41. The van der Waals surface area contributed by atoms with Crippen LogP contribution in [-0.2, 0) is 9.53 Å². The molecule has 0 N–H and O–H groups in total. The van der Waals surface area contributed by atoms with Crippen molar-refractivity contribution in [2.24, 2.45) is 0 Å². The maximum atomic E-state index is 12.0. The Morgan fingerprint density at radius 3 is 2.80 bits per heavy atom. The molecule has 0 aromatic heterocycles. The lowest BCUT2D eigenvalue weighted by atomic mass is 10.1. The van der Waals surface area contributed by atoms with Gasteiger partial charge in [0.25, 0.3) is 5.91 Å². The highest BCUT2D eigenvalue weighted by molar-refractivity contribution is 5.78. The van der Waals surface area contributed by atoms with Crippen molar-refractivity contribution < 1.29 is 19.1 Å². The molecule has 0 atom stereocenters. The SMILES string of the molecule is COC1CCN(C(=O)COc2cccc(C=O)c2)CC1. The van der Waals surface area contributed by atoms with Gasteiger partial charge in [0.15, 0.2) is 6.61 Å². The lowest BCUT2D eigenvalue weighted by Crippen LogP contribution is -2.42. The van der Waals surface area contributed by atoms with Crippen molar-refractivity contribution in [3.05, 3.63) is 29.8 Å². The number of carbonyl (C=O) groups is 2. The van der Waals surface area contributed by atoms with Crippen LogP contribution in [0.15, 0.2) is 24.3 Å². The van der Waals surface area contributed by atoms with Crippen LogP contribution in [0.1, 0.15) is 23.2 Å². The van der Waals surface area contributed by atoms with E-state index in [9.17, 15) is 9.59 Å². The molecule has 0 bridgehead atoms. The van der Waals surface area contributed by atoms with E-state index in [0.717, 1.165) is 19.1 Å². The Morgan fingerprint density at radius 2 is 2.15 bits per heavy atom. The number of rotatable bonds is 5. The Kier molecular flexibility index (Phi) is 5.12. The first-order chi connectivity index (χ1) is 9.72. The fourth-order valence-electron chi connectivity index (χ4n) is 2.25.